The van der Waals surface area contributed by atoms with E-state index in [1.807, 2.05) is 26.8 Å². The molecule has 352 valence electrons. The fraction of sp³-hybridized carbons (Fsp3) is 0.864. The number of fused-ring (bicyclic) bond motifs is 7. The molecule has 2 heterocycles. The van der Waals surface area contributed by atoms with Crippen LogP contribution >= 0.6 is 0 Å². The number of hydrogen-bond donors (Lipinski definition) is 10. The van der Waals surface area contributed by atoms with Gasteiger partial charge in [0.15, 0.2) is 30.6 Å². The molecular weight excluding hydrogens is 812 g/mol. The standard InChI is InChI=1S/C42H62O16.C2H8N2/c1-37(2)21-8-11-42(7)31(20(43)16-18-19-17-39(4,36(53)54)13-12-38(19,3)14-15-41(18,42)6)40(21,5)10-9-22(37)55-35-30(26(47)25(46)29(57-35)33(51)52)58-34-27(48)23(44)24(45)28(56-34)32(49)50;3-1-2-4/h16,19,21-31,34-35,44-48H,8-15,17H2,1-7H3,(H,49,50)(H,51,52)(H,53,54);1-4H2/t19-,21-,22-,23-,24-,25-,26-,27+,28-,29-,30+,31+,34-,35-,38+,39-,40-,41+,42+;/m0./s1. The Morgan fingerprint density at radius 3 is 1.84 bits per heavy atom. The molecule has 7 aliphatic rings. The SMILES string of the molecule is CC1(C)[C@@H](O[C@H]2O[C@H](C(=O)O)[C@@H](O)[C@H](O)[C@H]2O[C@@H]2O[C@H](C(=O)O)[C@@H](O)[C@H](O)[C@H]2O)CC[C@]2(C)[C@H]3C(=O)C=C4[C@@H]5C[C@@](C)(C(=O)O)CC[C@]5(C)CC[C@@]4(C)[C@]3(C)CC[C@@H]12.NCCN. The minimum atomic E-state index is -2.05. The van der Waals surface area contributed by atoms with Crippen LogP contribution in [0.5, 0.6) is 0 Å². The van der Waals surface area contributed by atoms with Crippen molar-refractivity contribution in [2.45, 2.75) is 174 Å². The number of aliphatic hydroxyl groups is 5. The smallest absolute Gasteiger partial charge is 0.335 e. The topological polar surface area (TPSA) is 319 Å². The number of aliphatic carboxylic acids is 3. The maximum absolute atomic E-state index is 14.8. The van der Waals surface area contributed by atoms with Crippen LogP contribution in [-0.4, -0.2) is 145 Å². The van der Waals surface area contributed by atoms with Crippen LogP contribution < -0.4 is 11.5 Å². The molecule has 5 aliphatic carbocycles. The highest BCUT2D eigenvalue weighted by Gasteiger charge is 2.71. The molecule has 19 atom stereocenters. The summed E-state index contributed by atoms with van der Waals surface area (Å²) in [7, 11) is 0. The lowest BCUT2D eigenvalue weighted by Gasteiger charge is -2.70. The third-order valence-electron chi connectivity index (χ3n) is 17.4. The molecule has 18 nitrogen and oxygen atoms in total. The quantitative estimate of drug-likeness (QED) is 0.153. The van der Waals surface area contributed by atoms with Crippen molar-refractivity contribution in [2.75, 3.05) is 13.1 Å². The number of rotatable bonds is 8. The maximum atomic E-state index is 14.8. The molecule has 6 fully saturated rings. The van der Waals surface area contributed by atoms with Crippen molar-refractivity contribution >= 4 is 23.7 Å². The van der Waals surface area contributed by atoms with Gasteiger partial charge in [0.25, 0.3) is 0 Å². The van der Waals surface area contributed by atoms with E-state index in [2.05, 4.69) is 27.7 Å². The van der Waals surface area contributed by atoms with Gasteiger partial charge in [-0.05, 0) is 110 Å². The summed E-state index contributed by atoms with van der Waals surface area (Å²) in [4.78, 5) is 51.3. The first-order chi connectivity index (χ1) is 28.7. The van der Waals surface area contributed by atoms with E-state index in [0.29, 0.717) is 38.8 Å². The summed E-state index contributed by atoms with van der Waals surface area (Å²) < 4.78 is 23.4. The predicted molar refractivity (Wildman–Crippen MR) is 218 cm³/mol. The molecule has 0 aromatic heterocycles. The Bertz CT molecular complexity index is 1780. The second-order valence-corrected chi connectivity index (χ2v) is 21.2. The van der Waals surface area contributed by atoms with E-state index < -0.39 is 107 Å². The average Bonchev–Trinajstić information content (AvgIpc) is 3.19. The van der Waals surface area contributed by atoms with Crippen LogP contribution in [-0.2, 0) is 38.1 Å². The Morgan fingerprint density at radius 1 is 0.710 bits per heavy atom. The first-order valence-corrected chi connectivity index (χ1v) is 22.1. The van der Waals surface area contributed by atoms with E-state index in [1.165, 1.54) is 0 Å². The van der Waals surface area contributed by atoms with Crippen LogP contribution in [0.1, 0.15) is 106 Å². The summed E-state index contributed by atoms with van der Waals surface area (Å²) in [5.74, 6) is -4.47. The van der Waals surface area contributed by atoms with Gasteiger partial charge in [-0.2, -0.15) is 0 Å². The zero-order chi connectivity index (χ0) is 46.3. The van der Waals surface area contributed by atoms with Crippen molar-refractivity contribution in [2.24, 2.45) is 61.7 Å². The highest BCUT2D eigenvalue weighted by Crippen LogP contribution is 2.75. The third-order valence-corrected chi connectivity index (χ3v) is 17.4. The summed E-state index contributed by atoms with van der Waals surface area (Å²) in [5.41, 5.74) is 8.00. The Morgan fingerprint density at radius 2 is 1.27 bits per heavy atom. The van der Waals surface area contributed by atoms with Crippen LogP contribution in [0.25, 0.3) is 0 Å². The molecule has 2 saturated heterocycles. The molecule has 7 rings (SSSR count). The largest absolute Gasteiger partial charge is 0.481 e. The molecule has 12 N–H and O–H groups in total. The van der Waals surface area contributed by atoms with Crippen LogP contribution in [0.3, 0.4) is 0 Å². The van der Waals surface area contributed by atoms with Gasteiger partial charge in [-0.15, -0.1) is 0 Å². The van der Waals surface area contributed by atoms with Crippen molar-refractivity contribution in [3.63, 3.8) is 0 Å². The molecule has 4 saturated carbocycles. The van der Waals surface area contributed by atoms with Crippen LogP contribution in [0.15, 0.2) is 11.6 Å². The Kier molecular flexibility index (Phi) is 13.4. The molecule has 0 unspecified atom stereocenters. The summed E-state index contributed by atoms with van der Waals surface area (Å²) in [6.45, 7) is 16.0. The molecule has 62 heavy (non-hydrogen) atoms. The number of carboxylic acids is 3. The lowest BCUT2D eigenvalue weighted by atomic mass is 9.33. The van der Waals surface area contributed by atoms with Crippen LogP contribution in [0, 0.1) is 50.2 Å². The second-order valence-electron chi connectivity index (χ2n) is 21.2. The van der Waals surface area contributed by atoms with Crippen molar-refractivity contribution in [1.29, 1.82) is 0 Å². The van der Waals surface area contributed by atoms with E-state index in [0.717, 1.165) is 37.7 Å². The van der Waals surface area contributed by atoms with E-state index in [-0.39, 0.29) is 34.4 Å². The van der Waals surface area contributed by atoms with Gasteiger partial charge in [0.05, 0.1) is 11.5 Å². The fourth-order valence-electron chi connectivity index (χ4n) is 13.4. The normalized spacial score (nSPS) is 49.6. The van der Waals surface area contributed by atoms with Gasteiger partial charge in [0.2, 0.25) is 0 Å². The minimum absolute atomic E-state index is 0.0217. The third kappa shape index (κ3) is 7.65. The summed E-state index contributed by atoms with van der Waals surface area (Å²) >= 11 is 0. The maximum Gasteiger partial charge on any atom is 0.335 e. The first-order valence-electron chi connectivity index (χ1n) is 22.1. The number of carbonyl (C=O) groups is 4. The average molecular weight is 883 g/mol. The first kappa shape index (κ1) is 48.8. The zero-order valence-electron chi connectivity index (χ0n) is 36.9. The monoisotopic (exact) mass is 882 g/mol. The molecule has 0 radical (unpaired) electrons. The summed E-state index contributed by atoms with van der Waals surface area (Å²) in [6.07, 6.45) is -12.2. The number of aliphatic hydroxyl groups excluding tert-OH is 5. The fourth-order valence-corrected chi connectivity index (χ4v) is 13.4. The number of hydrogen-bond acceptors (Lipinski definition) is 15. The van der Waals surface area contributed by atoms with Crippen molar-refractivity contribution in [3.05, 3.63) is 11.6 Å². The molecule has 2 aliphatic heterocycles. The van der Waals surface area contributed by atoms with E-state index in [1.54, 1.807) is 0 Å². The number of carbonyl (C=O) groups excluding carboxylic acids is 1. The summed E-state index contributed by atoms with van der Waals surface area (Å²) in [6, 6.07) is 0. The number of ketones is 1. The Labute approximate surface area is 362 Å². The molecule has 18 heteroatoms. The van der Waals surface area contributed by atoms with Crippen LogP contribution in [0.4, 0.5) is 0 Å². The highest BCUT2D eigenvalue weighted by molar-refractivity contribution is 5.95. The van der Waals surface area contributed by atoms with E-state index in [9.17, 15) is 60.0 Å². The van der Waals surface area contributed by atoms with Crippen molar-refractivity contribution in [3.8, 4) is 0 Å². The molecule has 0 aromatic carbocycles. The van der Waals surface area contributed by atoms with Gasteiger partial charge in [-0.1, -0.05) is 47.1 Å². The van der Waals surface area contributed by atoms with Crippen LogP contribution in [0.2, 0.25) is 0 Å². The number of allylic oxidation sites excluding steroid dienone is 2. The number of carboxylic acid groups (broad SMARTS) is 3. The Balaban J connectivity index is 0.00000154. The second kappa shape index (κ2) is 17.0. The lowest BCUT2D eigenvalue weighted by molar-refractivity contribution is -0.371. The zero-order valence-corrected chi connectivity index (χ0v) is 36.9. The molecular formula is C44H70N2O16. The van der Waals surface area contributed by atoms with Crippen molar-refractivity contribution < 1.29 is 79.0 Å². The molecule has 0 spiro atoms. The van der Waals surface area contributed by atoms with E-state index in [4.69, 9.17) is 30.4 Å². The minimum Gasteiger partial charge on any atom is -0.481 e. The van der Waals surface area contributed by atoms with Gasteiger partial charge >= 0.3 is 17.9 Å². The molecule has 0 bridgehead atoms. The summed E-state index contributed by atoms with van der Waals surface area (Å²) in [5, 5.41) is 83.0. The number of nitrogens with two attached hydrogens (primary N) is 2. The van der Waals surface area contributed by atoms with Gasteiger partial charge in [-0.3, -0.25) is 9.59 Å². The Hall–Kier alpha value is -2.62. The lowest BCUT2D eigenvalue weighted by Crippen LogP contribution is -2.68. The van der Waals surface area contributed by atoms with E-state index >= 15 is 0 Å². The van der Waals surface area contributed by atoms with Crippen molar-refractivity contribution in [1.82, 2.24) is 0 Å². The predicted octanol–water partition coefficient (Wildman–Crippen LogP) is 1.15. The van der Waals surface area contributed by atoms with Gasteiger partial charge < -0.3 is 71.3 Å². The van der Waals surface area contributed by atoms with Gasteiger partial charge in [0, 0.05) is 19.0 Å². The highest BCUT2D eigenvalue weighted by atomic mass is 16.8. The molecule has 0 amide bonds. The van der Waals surface area contributed by atoms with Gasteiger partial charge in [-0.25, -0.2) is 9.59 Å². The number of ether oxygens (including phenoxy) is 4. The molecule has 0 aromatic rings. The van der Waals surface area contributed by atoms with Gasteiger partial charge in [0.1, 0.15) is 36.6 Å².